The Labute approximate surface area is 69.0 Å². The Morgan fingerprint density at radius 2 is 1.75 bits per heavy atom. The van der Waals surface area contributed by atoms with Crippen molar-refractivity contribution in [2.24, 2.45) is 0 Å². The SMILES string of the molecule is C=C(N1CCNCC1)C(F)(F)F. The quantitative estimate of drug-likeness (QED) is 0.646. The lowest BCUT2D eigenvalue weighted by molar-refractivity contribution is -0.111. The smallest absolute Gasteiger partial charge is 0.365 e. The highest BCUT2D eigenvalue weighted by atomic mass is 19.4. The van der Waals surface area contributed by atoms with Gasteiger partial charge in [0.1, 0.15) is 5.70 Å². The molecule has 0 radical (unpaired) electrons. The molecule has 0 aromatic heterocycles. The van der Waals surface area contributed by atoms with E-state index in [-0.39, 0.29) is 0 Å². The number of alkyl halides is 3. The van der Waals surface area contributed by atoms with Crippen LogP contribution in [0.5, 0.6) is 0 Å². The summed E-state index contributed by atoms with van der Waals surface area (Å²) in [5, 5.41) is 2.97. The molecule has 1 saturated heterocycles. The largest absolute Gasteiger partial charge is 0.430 e. The normalized spacial score (nSPS) is 19.4. The molecule has 1 fully saturated rings. The molecule has 0 spiro atoms. The van der Waals surface area contributed by atoms with E-state index in [4.69, 9.17) is 0 Å². The second-order valence-electron chi connectivity index (χ2n) is 2.68. The maximum absolute atomic E-state index is 12.1. The summed E-state index contributed by atoms with van der Waals surface area (Å²) < 4.78 is 36.2. The molecule has 0 bridgehead atoms. The van der Waals surface area contributed by atoms with E-state index < -0.39 is 11.9 Å². The molecule has 1 N–H and O–H groups in total. The first-order chi connectivity index (χ1) is 5.52. The lowest BCUT2D eigenvalue weighted by atomic mass is 10.3. The van der Waals surface area contributed by atoms with Crippen molar-refractivity contribution in [3.63, 3.8) is 0 Å². The van der Waals surface area contributed by atoms with Gasteiger partial charge in [-0.3, -0.25) is 0 Å². The van der Waals surface area contributed by atoms with Gasteiger partial charge >= 0.3 is 6.18 Å². The summed E-state index contributed by atoms with van der Waals surface area (Å²) in [6.07, 6.45) is -4.28. The van der Waals surface area contributed by atoms with Gasteiger partial charge in [0, 0.05) is 26.2 Å². The molecule has 5 heteroatoms. The minimum Gasteiger partial charge on any atom is -0.365 e. The molecule has 0 aromatic carbocycles. The summed E-state index contributed by atoms with van der Waals surface area (Å²) >= 11 is 0. The maximum Gasteiger partial charge on any atom is 0.430 e. The maximum atomic E-state index is 12.1. The van der Waals surface area contributed by atoms with Gasteiger partial charge in [-0.05, 0) is 0 Å². The molecule has 0 atom stereocenters. The van der Waals surface area contributed by atoms with E-state index in [1.807, 2.05) is 0 Å². The third-order valence-corrected chi connectivity index (χ3v) is 1.83. The van der Waals surface area contributed by atoms with Crippen molar-refractivity contribution in [2.45, 2.75) is 6.18 Å². The molecule has 0 aromatic rings. The van der Waals surface area contributed by atoms with Gasteiger partial charge in [-0.2, -0.15) is 13.2 Å². The lowest BCUT2D eigenvalue weighted by Gasteiger charge is -2.31. The first-order valence-corrected chi connectivity index (χ1v) is 3.73. The summed E-state index contributed by atoms with van der Waals surface area (Å²) in [6, 6.07) is 0. The minimum absolute atomic E-state index is 0.387. The monoisotopic (exact) mass is 180 g/mol. The molecule has 1 rings (SSSR count). The molecular weight excluding hydrogens is 169 g/mol. The average molecular weight is 180 g/mol. The summed E-state index contributed by atoms with van der Waals surface area (Å²) in [5.74, 6) is 0. The van der Waals surface area contributed by atoms with Crippen LogP contribution in [0.1, 0.15) is 0 Å². The van der Waals surface area contributed by atoms with Crippen LogP contribution in [0.2, 0.25) is 0 Å². The summed E-state index contributed by atoms with van der Waals surface area (Å²) in [4.78, 5) is 1.26. The van der Waals surface area contributed by atoms with Crippen LogP contribution in [0, 0.1) is 0 Å². The highest BCUT2D eigenvalue weighted by Crippen LogP contribution is 2.26. The highest BCUT2D eigenvalue weighted by molar-refractivity contribution is 5.02. The van der Waals surface area contributed by atoms with Crippen molar-refractivity contribution < 1.29 is 13.2 Å². The molecule has 0 saturated carbocycles. The summed E-state index contributed by atoms with van der Waals surface area (Å²) in [6.45, 7) is 4.98. The van der Waals surface area contributed by atoms with Crippen molar-refractivity contribution in [3.8, 4) is 0 Å². The van der Waals surface area contributed by atoms with E-state index in [1.165, 1.54) is 4.90 Å². The molecule has 0 unspecified atom stereocenters. The van der Waals surface area contributed by atoms with Crippen LogP contribution in [0.25, 0.3) is 0 Å². The zero-order valence-electron chi connectivity index (χ0n) is 6.62. The Morgan fingerprint density at radius 3 is 2.17 bits per heavy atom. The summed E-state index contributed by atoms with van der Waals surface area (Å²) in [7, 11) is 0. The fourth-order valence-electron chi connectivity index (χ4n) is 1.11. The standard InChI is InChI=1S/C7H11F3N2/c1-6(7(8,9)10)12-4-2-11-3-5-12/h11H,1-5H2. The van der Waals surface area contributed by atoms with Crippen molar-refractivity contribution in [1.29, 1.82) is 0 Å². The third kappa shape index (κ3) is 2.14. The van der Waals surface area contributed by atoms with E-state index in [0.29, 0.717) is 26.2 Å². The van der Waals surface area contributed by atoms with Gasteiger partial charge in [0.05, 0.1) is 0 Å². The number of hydrogen-bond donors (Lipinski definition) is 1. The second-order valence-corrected chi connectivity index (χ2v) is 2.68. The number of allylic oxidation sites excluding steroid dienone is 1. The van der Waals surface area contributed by atoms with Crippen molar-refractivity contribution >= 4 is 0 Å². The molecule has 70 valence electrons. The van der Waals surface area contributed by atoms with E-state index in [1.54, 1.807) is 0 Å². The number of hydrogen-bond acceptors (Lipinski definition) is 2. The molecule has 12 heavy (non-hydrogen) atoms. The van der Waals surface area contributed by atoms with Crippen LogP contribution < -0.4 is 5.32 Å². The lowest BCUT2D eigenvalue weighted by Crippen LogP contribution is -2.45. The Morgan fingerprint density at radius 1 is 1.25 bits per heavy atom. The van der Waals surface area contributed by atoms with E-state index in [2.05, 4.69) is 11.9 Å². The number of piperazine rings is 1. The van der Waals surface area contributed by atoms with E-state index in [0.717, 1.165) is 0 Å². The Balaban J connectivity index is 2.51. The van der Waals surface area contributed by atoms with Crippen molar-refractivity contribution in [2.75, 3.05) is 26.2 Å². The van der Waals surface area contributed by atoms with Gasteiger partial charge in [0.2, 0.25) is 0 Å². The van der Waals surface area contributed by atoms with Gasteiger partial charge < -0.3 is 10.2 Å². The van der Waals surface area contributed by atoms with Gasteiger partial charge in [-0.1, -0.05) is 6.58 Å². The predicted molar refractivity (Wildman–Crippen MR) is 39.6 cm³/mol. The van der Waals surface area contributed by atoms with Crippen LogP contribution in [0.15, 0.2) is 12.3 Å². The Kier molecular flexibility index (Phi) is 2.62. The van der Waals surface area contributed by atoms with Gasteiger partial charge in [0.25, 0.3) is 0 Å². The number of nitrogens with one attached hydrogen (secondary N) is 1. The topological polar surface area (TPSA) is 15.3 Å². The molecule has 2 nitrogen and oxygen atoms in total. The van der Waals surface area contributed by atoms with Gasteiger partial charge in [0.15, 0.2) is 0 Å². The van der Waals surface area contributed by atoms with Crippen LogP contribution in [0.3, 0.4) is 0 Å². The van der Waals surface area contributed by atoms with Gasteiger partial charge in [-0.15, -0.1) is 0 Å². The van der Waals surface area contributed by atoms with Crippen LogP contribution >= 0.6 is 0 Å². The molecule has 1 aliphatic rings. The predicted octanol–water partition coefficient (Wildman–Crippen LogP) is 0.968. The zero-order chi connectivity index (χ0) is 9.19. The Bertz CT molecular complexity index is 170. The molecular formula is C7H11F3N2. The molecule has 1 aliphatic heterocycles. The van der Waals surface area contributed by atoms with Crippen LogP contribution in [-0.2, 0) is 0 Å². The molecule has 0 aliphatic carbocycles. The number of nitrogens with zero attached hydrogens (tertiary/aromatic N) is 1. The van der Waals surface area contributed by atoms with Crippen LogP contribution in [-0.4, -0.2) is 37.3 Å². The Hall–Kier alpha value is -0.710. The van der Waals surface area contributed by atoms with Crippen molar-refractivity contribution in [3.05, 3.63) is 12.3 Å². The fourth-order valence-corrected chi connectivity index (χ4v) is 1.11. The van der Waals surface area contributed by atoms with E-state index in [9.17, 15) is 13.2 Å². The first-order valence-electron chi connectivity index (χ1n) is 3.73. The van der Waals surface area contributed by atoms with Gasteiger partial charge in [-0.25, -0.2) is 0 Å². The summed E-state index contributed by atoms with van der Waals surface area (Å²) in [5.41, 5.74) is -0.732. The number of rotatable bonds is 1. The first kappa shape index (κ1) is 9.38. The third-order valence-electron chi connectivity index (χ3n) is 1.83. The highest BCUT2D eigenvalue weighted by Gasteiger charge is 2.35. The zero-order valence-corrected chi connectivity index (χ0v) is 6.62. The van der Waals surface area contributed by atoms with Crippen molar-refractivity contribution in [1.82, 2.24) is 10.2 Å². The average Bonchev–Trinajstić information content (AvgIpc) is 2.03. The number of halogens is 3. The molecule has 1 heterocycles. The molecule has 0 amide bonds. The second kappa shape index (κ2) is 3.35. The van der Waals surface area contributed by atoms with E-state index >= 15 is 0 Å². The fraction of sp³-hybridized carbons (Fsp3) is 0.714. The van der Waals surface area contributed by atoms with Crippen LogP contribution in [0.4, 0.5) is 13.2 Å². The minimum atomic E-state index is -4.28.